The number of urea groups is 1. The van der Waals surface area contributed by atoms with E-state index < -0.39 is 37.2 Å². The van der Waals surface area contributed by atoms with E-state index in [0.717, 1.165) is 0 Å². The van der Waals surface area contributed by atoms with Crippen LogP contribution in [0.25, 0.3) is 0 Å². The van der Waals surface area contributed by atoms with Crippen LogP contribution in [0.4, 0.5) is 18.0 Å². The third-order valence-electron chi connectivity index (χ3n) is 1.71. The van der Waals surface area contributed by atoms with E-state index in [1.807, 2.05) is 10.6 Å². The van der Waals surface area contributed by atoms with Gasteiger partial charge in [0.15, 0.2) is 0 Å². The van der Waals surface area contributed by atoms with Crippen LogP contribution in [0.15, 0.2) is 0 Å². The molecule has 3 N–H and O–H groups in total. The Labute approximate surface area is 90.0 Å². The van der Waals surface area contributed by atoms with Gasteiger partial charge in [-0.15, -0.1) is 0 Å². The van der Waals surface area contributed by atoms with E-state index in [0.29, 0.717) is 0 Å². The number of carboxylic acids is 1. The van der Waals surface area contributed by atoms with E-state index in [-0.39, 0.29) is 6.42 Å². The van der Waals surface area contributed by atoms with E-state index >= 15 is 0 Å². The van der Waals surface area contributed by atoms with Gasteiger partial charge >= 0.3 is 18.2 Å². The number of carbonyl (C=O) groups is 2. The van der Waals surface area contributed by atoms with Gasteiger partial charge in [-0.3, -0.25) is 0 Å². The molecule has 0 aromatic rings. The minimum Gasteiger partial charge on any atom is -0.480 e. The second-order valence-corrected chi connectivity index (χ2v) is 3.06. The van der Waals surface area contributed by atoms with Crippen LogP contribution in [0.3, 0.4) is 0 Å². The monoisotopic (exact) mass is 242 g/mol. The molecule has 8 heteroatoms. The molecule has 1 atom stereocenters. The van der Waals surface area contributed by atoms with Gasteiger partial charge in [0.2, 0.25) is 0 Å². The highest BCUT2D eigenvalue weighted by Crippen LogP contribution is 2.17. The minimum atomic E-state index is -4.34. The van der Waals surface area contributed by atoms with Crippen molar-refractivity contribution in [3.05, 3.63) is 0 Å². The van der Waals surface area contributed by atoms with Gasteiger partial charge in [-0.1, -0.05) is 6.92 Å². The molecule has 0 saturated carbocycles. The van der Waals surface area contributed by atoms with Crippen LogP contribution in [-0.2, 0) is 4.79 Å². The van der Waals surface area contributed by atoms with E-state index in [1.165, 1.54) is 6.92 Å². The molecule has 0 heterocycles. The summed E-state index contributed by atoms with van der Waals surface area (Å²) in [4.78, 5) is 21.4. The summed E-state index contributed by atoms with van der Waals surface area (Å²) in [6, 6.07) is -2.01. The van der Waals surface area contributed by atoms with Crippen molar-refractivity contribution in [1.82, 2.24) is 10.6 Å². The molecule has 2 amide bonds. The molecule has 0 aromatic heterocycles. The van der Waals surface area contributed by atoms with Crippen molar-refractivity contribution in [3.63, 3.8) is 0 Å². The maximum atomic E-state index is 11.7. The van der Waals surface area contributed by atoms with Gasteiger partial charge in [0.05, 0.1) is 6.42 Å². The number of nitrogens with one attached hydrogen (secondary N) is 2. The zero-order valence-corrected chi connectivity index (χ0v) is 8.60. The first-order chi connectivity index (χ1) is 7.26. The molecule has 0 aliphatic carbocycles. The van der Waals surface area contributed by atoms with Gasteiger partial charge in [0.1, 0.15) is 6.04 Å². The third kappa shape index (κ3) is 6.91. The molecule has 0 unspecified atom stereocenters. The van der Waals surface area contributed by atoms with Gasteiger partial charge in [0.25, 0.3) is 0 Å². The Morgan fingerprint density at radius 1 is 1.38 bits per heavy atom. The zero-order valence-electron chi connectivity index (χ0n) is 8.60. The summed E-state index contributed by atoms with van der Waals surface area (Å²) in [6.45, 7) is 0.958. The topological polar surface area (TPSA) is 78.4 Å². The van der Waals surface area contributed by atoms with Crippen LogP contribution >= 0.6 is 0 Å². The summed E-state index contributed by atoms with van der Waals surface area (Å²) in [5.41, 5.74) is 0. The number of amides is 2. The van der Waals surface area contributed by atoms with Crippen molar-refractivity contribution >= 4 is 12.0 Å². The maximum absolute atomic E-state index is 11.7. The highest BCUT2D eigenvalue weighted by atomic mass is 19.4. The Morgan fingerprint density at radius 2 is 1.94 bits per heavy atom. The Bertz CT molecular complexity index is 255. The predicted octanol–water partition coefficient (Wildman–Crippen LogP) is 1.10. The number of hydrogen-bond donors (Lipinski definition) is 3. The maximum Gasteiger partial charge on any atom is 0.390 e. The standard InChI is InChI=1S/C8H13F3N2O3/c1-2-5(6(14)15)13-7(16)12-4-3-8(9,10)11/h5H,2-4H2,1H3,(H,14,15)(H2,12,13,16)/t5-/m1/s1. The van der Waals surface area contributed by atoms with Crippen LogP contribution in [0, 0.1) is 0 Å². The Balaban J connectivity index is 3.86. The molecule has 0 rings (SSSR count). The highest BCUT2D eigenvalue weighted by molar-refractivity contribution is 5.82. The first-order valence-corrected chi connectivity index (χ1v) is 4.60. The molecule has 0 spiro atoms. The molecular weight excluding hydrogens is 229 g/mol. The van der Waals surface area contributed by atoms with Crippen LogP contribution in [-0.4, -0.2) is 35.9 Å². The van der Waals surface area contributed by atoms with Crippen molar-refractivity contribution < 1.29 is 27.9 Å². The van der Waals surface area contributed by atoms with Crippen LogP contribution < -0.4 is 10.6 Å². The molecule has 0 aliphatic heterocycles. The lowest BCUT2D eigenvalue weighted by molar-refractivity contribution is -0.139. The van der Waals surface area contributed by atoms with E-state index in [9.17, 15) is 22.8 Å². The number of alkyl halides is 3. The van der Waals surface area contributed by atoms with Gasteiger partial charge in [-0.05, 0) is 6.42 Å². The first-order valence-electron chi connectivity index (χ1n) is 4.60. The Morgan fingerprint density at radius 3 is 2.31 bits per heavy atom. The minimum absolute atomic E-state index is 0.155. The smallest absolute Gasteiger partial charge is 0.390 e. The van der Waals surface area contributed by atoms with Crippen molar-refractivity contribution in [2.75, 3.05) is 6.54 Å². The molecule has 0 bridgehead atoms. The first kappa shape index (κ1) is 14.5. The third-order valence-corrected chi connectivity index (χ3v) is 1.71. The van der Waals surface area contributed by atoms with E-state index in [2.05, 4.69) is 0 Å². The summed E-state index contributed by atoms with van der Waals surface area (Å²) >= 11 is 0. The Kier molecular flexibility index (Phi) is 5.62. The van der Waals surface area contributed by atoms with Gasteiger partial charge in [-0.2, -0.15) is 13.2 Å². The largest absolute Gasteiger partial charge is 0.480 e. The van der Waals surface area contributed by atoms with E-state index in [1.54, 1.807) is 0 Å². The number of hydrogen-bond acceptors (Lipinski definition) is 2. The van der Waals surface area contributed by atoms with Crippen molar-refractivity contribution in [2.24, 2.45) is 0 Å². The highest BCUT2D eigenvalue weighted by Gasteiger charge is 2.26. The SMILES string of the molecule is CC[C@@H](NC(=O)NCCC(F)(F)F)C(=O)O. The number of halogens is 3. The fourth-order valence-corrected chi connectivity index (χ4v) is 0.865. The van der Waals surface area contributed by atoms with Crippen LogP contribution in [0.1, 0.15) is 19.8 Å². The van der Waals surface area contributed by atoms with Gasteiger partial charge in [0, 0.05) is 6.54 Å². The predicted molar refractivity (Wildman–Crippen MR) is 48.9 cm³/mol. The average Bonchev–Trinajstić information content (AvgIpc) is 2.11. The summed E-state index contributed by atoms with van der Waals surface area (Å²) in [6.07, 6.45) is -5.34. The van der Waals surface area contributed by atoms with Gasteiger partial charge < -0.3 is 15.7 Å². The summed E-state index contributed by atoms with van der Waals surface area (Å²) in [5, 5.41) is 12.5. The molecule has 5 nitrogen and oxygen atoms in total. The lowest BCUT2D eigenvalue weighted by Crippen LogP contribution is -2.46. The number of aliphatic carboxylic acids is 1. The fourth-order valence-electron chi connectivity index (χ4n) is 0.865. The van der Waals surface area contributed by atoms with E-state index in [4.69, 9.17) is 5.11 Å². The second-order valence-electron chi connectivity index (χ2n) is 3.06. The lowest BCUT2D eigenvalue weighted by Gasteiger charge is -2.13. The lowest BCUT2D eigenvalue weighted by atomic mass is 10.2. The van der Waals surface area contributed by atoms with Crippen molar-refractivity contribution in [1.29, 1.82) is 0 Å². The normalized spacial score (nSPS) is 13.0. The molecule has 16 heavy (non-hydrogen) atoms. The number of rotatable bonds is 5. The second kappa shape index (κ2) is 6.19. The number of carbonyl (C=O) groups excluding carboxylic acids is 1. The molecule has 0 aliphatic rings. The molecular formula is C8H13F3N2O3. The molecule has 0 fully saturated rings. The summed E-state index contributed by atoms with van der Waals surface area (Å²) in [5.74, 6) is -1.23. The van der Waals surface area contributed by atoms with Crippen LogP contribution in [0.5, 0.6) is 0 Å². The quantitative estimate of drug-likeness (QED) is 0.675. The Hall–Kier alpha value is -1.47. The molecule has 94 valence electrons. The summed E-state index contributed by atoms with van der Waals surface area (Å²) in [7, 11) is 0. The molecule has 0 radical (unpaired) electrons. The van der Waals surface area contributed by atoms with Crippen molar-refractivity contribution in [2.45, 2.75) is 32.0 Å². The molecule has 0 aromatic carbocycles. The summed E-state index contributed by atoms with van der Waals surface area (Å²) < 4.78 is 35.1. The van der Waals surface area contributed by atoms with Crippen LogP contribution in [0.2, 0.25) is 0 Å². The van der Waals surface area contributed by atoms with Gasteiger partial charge in [-0.25, -0.2) is 9.59 Å². The molecule has 0 saturated heterocycles. The number of carboxylic acid groups (broad SMARTS) is 1. The average molecular weight is 242 g/mol. The fraction of sp³-hybridized carbons (Fsp3) is 0.750. The zero-order chi connectivity index (χ0) is 12.8. The van der Waals surface area contributed by atoms with Crippen molar-refractivity contribution in [3.8, 4) is 0 Å².